The summed E-state index contributed by atoms with van der Waals surface area (Å²) < 4.78 is 0. The minimum atomic E-state index is -0.130. The average molecular weight is 297 g/mol. The van der Waals surface area contributed by atoms with Crippen molar-refractivity contribution in [1.82, 2.24) is 10.3 Å². The molecule has 1 fully saturated rings. The highest BCUT2D eigenvalue weighted by Crippen LogP contribution is 2.29. The number of carbonyl (C=O) groups excluding carboxylic acids is 1. The average Bonchev–Trinajstić information content (AvgIpc) is 3.06. The summed E-state index contributed by atoms with van der Waals surface area (Å²) in [6, 6.07) is 0. The lowest BCUT2D eigenvalue weighted by Crippen LogP contribution is -2.45. The van der Waals surface area contributed by atoms with Gasteiger partial charge in [0.2, 0.25) is 5.91 Å². The van der Waals surface area contributed by atoms with E-state index in [2.05, 4.69) is 10.3 Å². The monoisotopic (exact) mass is 297 g/mol. The Morgan fingerprint density at radius 3 is 2.80 bits per heavy atom. The summed E-state index contributed by atoms with van der Waals surface area (Å²) in [7, 11) is 0. The SMILES string of the molecule is CCN(C(C)=O)c1nc(CNC2(CO)CCCC2)cs1. The fourth-order valence-corrected chi connectivity index (χ4v) is 3.65. The van der Waals surface area contributed by atoms with Crippen molar-refractivity contribution in [3.8, 4) is 0 Å². The highest BCUT2D eigenvalue weighted by molar-refractivity contribution is 7.14. The number of anilines is 1. The molecule has 0 aromatic carbocycles. The number of amides is 1. The van der Waals surface area contributed by atoms with Crippen molar-refractivity contribution in [2.75, 3.05) is 18.1 Å². The molecule has 0 radical (unpaired) electrons. The molecule has 1 heterocycles. The Bertz CT molecular complexity index is 455. The number of rotatable bonds is 6. The summed E-state index contributed by atoms with van der Waals surface area (Å²) in [5.41, 5.74) is 0.804. The predicted octanol–water partition coefficient (Wildman–Crippen LogP) is 1.91. The highest BCUT2D eigenvalue weighted by atomic mass is 32.1. The van der Waals surface area contributed by atoms with Crippen LogP contribution in [0.25, 0.3) is 0 Å². The molecule has 1 aliphatic rings. The van der Waals surface area contributed by atoms with Crippen LogP contribution in [0.3, 0.4) is 0 Å². The first-order chi connectivity index (χ1) is 9.60. The molecule has 0 atom stereocenters. The number of aromatic nitrogens is 1. The Morgan fingerprint density at radius 2 is 2.25 bits per heavy atom. The molecule has 5 nitrogen and oxygen atoms in total. The summed E-state index contributed by atoms with van der Waals surface area (Å²) in [4.78, 5) is 17.7. The van der Waals surface area contributed by atoms with Gasteiger partial charge in [0.15, 0.2) is 5.13 Å². The minimum absolute atomic E-state index is 0.0176. The summed E-state index contributed by atoms with van der Waals surface area (Å²) in [6.07, 6.45) is 4.39. The van der Waals surface area contributed by atoms with Gasteiger partial charge in [-0.3, -0.25) is 9.69 Å². The van der Waals surface area contributed by atoms with E-state index in [0.717, 1.165) is 23.7 Å². The van der Waals surface area contributed by atoms with E-state index in [4.69, 9.17) is 0 Å². The summed E-state index contributed by atoms with van der Waals surface area (Å²) in [5.74, 6) is 0.0176. The van der Waals surface area contributed by atoms with Crippen LogP contribution in [0.2, 0.25) is 0 Å². The van der Waals surface area contributed by atoms with Crippen molar-refractivity contribution in [2.24, 2.45) is 0 Å². The van der Waals surface area contributed by atoms with Crippen molar-refractivity contribution >= 4 is 22.4 Å². The second kappa shape index (κ2) is 6.65. The van der Waals surface area contributed by atoms with Crippen LogP contribution < -0.4 is 10.2 Å². The fourth-order valence-electron chi connectivity index (χ4n) is 2.71. The number of nitrogens with zero attached hydrogens (tertiary/aromatic N) is 2. The fraction of sp³-hybridized carbons (Fsp3) is 0.714. The third kappa shape index (κ3) is 3.37. The van der Waals surface area contributed by atoms with Crippen LogP contribution in [-0.2, 0) is 11.3 Å². The molecule has 1 saturated carbocycles. The van der Waals surface area contributed by atoms with Crippen molar-refractivity contribution < 1.29 is 9.90 Å². The predicted molar refractivity (Wildman–Crippen MR) is 80.9 cm³/mol. The van der Waals surface area contributed by atoms with Gasteiger partial charge >= 0.3 is 0 Å². The van der Waals surface area contributed by atoms with Crippen LogP contribution in [0.15, 0.2) is 5.38 Å². The maximum Gasteiger partial charge on any atom is 0.225 e. The van der Waals surface area contributed by atoms with Gasteiger partial charge in [0.05, 0.1) is 12.3 Å². The zero-order chi connectivity index (χ0) is 14.6. The van der Waals surface area contributed by atoms with Gasteiger partial charge in [-0.05, 0) is 19.8 Å². The number of aliphatic hydroxyl groups excluding tert-OH is 1. The molecule has 0 spiro atoms. The largest absolute Gasteiger partial charge is 0.394 e. The van der Waals surface area contributed by atoms with E-state index in [-0.39, 0.29) is 18.1 Å². The van der Waals surface area contributed by atoms with Crippen LogP contribution in [0.4, 0.5) is 5.13 Å². The Morgan fingerprint density at radius 1 is 1.55 bits per heavy atom. The van der Waals surface area contributed by atoms with E-state index in [1.807, 2.05) is 12.3 Å². The second-order valence-electron chi connectivity index (χ2n) is 5.38. The molecule has 2 rings (SSSR count). The smallest absolute Gasteiger partial charge is 0.225 e. The maximum atomic E-state index is 11.5. The van der Waals surface area contributed by atoms with E-state index >= 15 is 0 Å². The van der Waals surface area contributed by atoms with Gasteiger partial charge in [-0.2, -0.15) is 0 Å². The summed E-state index contributed by atoms with van der Waals surface area (Å²) in [5, 5.41) is 15.7. The van der Waals surface area contributed by atoms with Gasteiger partial charge in [-0.15, -0.1) is 11.3 Å². The van der Waals surface area contributed by atoms with Gasteiger partial charge in [-0.25, -0.2) is 4.98 Å². The Labute approximate surface area is 124 Å². The Balaban J connectivity index is 1.97. The molecular formula is C14H23N3O2S. The number of hydrogen-bond acceptors (Lipinski definition) is 5. The number of hydrogen-bond donors (Lipinski definition) is 2. The molecule has 1 aliphatic carbocycles. The zero-order valence-corrected chi connectivity index (χ0v) is 13.0. The van der Waals surface area contributed by atoms with E-state index in [1.54, 1.807) is 11.8 Å². The van der Waals surface area contributed by atoms with Crippen LogP contribution in [0.5, 0.6) is 0 Å². The van der Waals surface area contributed by atoms with E-state index in [1.165, 1.54) is 24.2 Å². The van der Waals surface area contributed by atoms with Crippen LogP contribution in [0.1, 0.15) is 45.2 Å². The molecule has 1 aromatic rings. The molecule has 0 saturated heterocycles. The Hall–Kier alpha value is -0.980. The number of aliphatic hydroxyl groups is 1. The van der Waals surface area contributed by atoms with Gasteiger partial charge in [0, 0.05) is 30.9 Å². The molecule has 0 aliphatic heterocycles. The van der Waals surface area contributed by atoms with Crippen molar-refractivity contribution in [1.29, 1.82) is 0 Å². The van der Waals surface area contributed by atoms with E-state index < -0.39 is 0 Å². The third-order valence-corrected chi connectivity index (χ3v) is 4.89. The van der Waals surface area contributed by atoms with E-state index in [0.29, 0.717) is 13.1 Å². The van der Waals surface area contributed by atoms with Gasteiger partial charge in [-0.1, -0.05) is 12.8 Å². The number of thiazole rings is 1. The van der Waals surface area contributed by atoms with Gasteiger partial charge in [0.1, 0.15) is 0 Å². The topological polar surface area (TPSA) is 65.5 Å². The first-order valence-electron chi connectivity index (χ1n) is 7.18. The maximum absolute atomic E-state index is 11.5. The summed E-state index contributed by atoms with van der Waals surface area (Å²) in [6.45, 7) is 4.96. The molecule has 1 amide bonds. The highest BCUT2D eigenvalue weighted by Gasteiger charge is 2.32. The molecule has 2 N–H and O–H groups in total. The molecule has 6 heteroatoms. The molecule has 1 aromatic heterocycles. The lowest BCUT2D eigenvalue weighted by atomic mass is 9.99. The lowest BCUT2D eigenvalue weighted by molar-refractivity contribution is -0.116. The van der Waals surface area contributed by atoms with Gasteiger partial charge in [0.25, 0.3) is 0 Å². The normalized spacial score (nSPS) is 17.4. The third-order valence-electron chi connectivity index (χ3n) is 3.97. The first kappa shape index (κ1) is 15.4. The molecule has 112 valence electrons. The van der Waals surface area contributed by atoms with E-state index in [9.17, 15) is 9.90 Å². The van der Waals surface area contributed by atoms with Crippen molar-refractivity contribution in [3.05, 3.63) is 11.1 Å². The number of carbonyl (C=O) groups is 1. The zero-order valence-electron chi connectivity index (χ0n) is 12.2. The molecular weight excluding hydrogens is 274 g/mol. The standard InChI is InChI=1S/C14H23N3O2S/c1-3-17(11(2)19)13-16-12(9-20-13)8-15-14(10-18)6-4-5-7-14/h9,15,18H,3-8,10H2,1-2H3. The molecule has 0 unspecified atom stereocenters. The van der Waals surface area contributed by atoms with Crippen molar-refractivity contribution in [2.45, 2.75) is 51.6 Å². The summed E-state index contributed by atoms with van der Waals surface area (Å²) >= 11 is 1.49. The number of nitrogens with one attached hydrogen (secondary N) is 1. The lowest BCUT2D eigenvalue weighted by Gasteiger charge is -2.27. The first-order valence-corrected chi connectivity index (χ1v) is 8.06. The van der Waals surface area contributed by atoms with Crippen LogP contribution >= 0.6 is 11.3 Å². The molecule has 0 bridgehead atoms. The minimum Gasteiger partial charge on any atom is -0.394 e. The quantitative estimate of drug-likeness (QED) is 0.842. The Kier molecular flexibility index (Phi) is 5.12. The molecule has 20 heavy (non-hydrogen) atoms. The second-order valence-corrected chi connectivity index (χ2v) is 6.22. The van der Waals surface area contributed by atoms with Crippen molar-refractivity contribution in [3.63, 3.8) is 0 Å². The van der Waals surface area contributed by atoms with Crippen LogP contribution in [0, 0.1) is 0 Å². The van der Waals surface area contributed by atoms with Gasteiger partial charge < -0.3 is 10.4 Å². The van der Waals surface area contributed by atoms with Crippen LogP contribution in [-0.4, -0.2) is 34.7 Å².